The Morgan fingerprint density at radius 1 is 1.38 bits per heavy atom. The van der Waals surface area contributed by atoms with E-state index in [2.05, 4.69) is 9.36 Å². The molecule has 0 radical (unpaired) electrons. The van der Waals surface area contributed by atoms with E-state index < -0.39 is 0 Å². The molecule has 3 aromatic rings. The second-order valence-electron chi connectivity index (χ2n) is 2.90. The summed E-state index contributed by atoms with van der Waals surface area (Å²) in [6.07, 6.45) is 0. The van der Waals surface area contributed by atoms with Gasteiger partial charge in [-0.15, -0.1) is 4.37 Å². The van der Waals surface area contributed by atoms with Gasteiger partial charge in [0.1, 0.15) is 0 Å². The zero-order chi connectivity index (χ0) is 10.3. The molecule has 16 heavy (non-hydrogen) atoms. The number of rotatable bonds is 2. The Labute approximate surface area is 117 Å². The number of para-hydroxylation sites is 2. The van der Waals surface area contributed by atoms with Crippen LogP contribution in [0.4, 0.5) is 0 Å². The molecule has 0 amide bonds. The van der Waals surface area contributed by atoms with Gasteiger partial charge in [0.15, 0.2) is 0 Å². The molecule has 5 nitrogen and oxygen atoms in total. The number of fused-ring (bicyclic) bond motifs is 3. The van der Waals surface area contributed by atoms with E-state index >= 15 is 0 Å². The number of nitrogens with zero attached hydrogens (tertiary/aromatic N) is 3. The molecule has 3 rings (SSSR count). The van der Waals surface area contributed by atoms with Crippen molar-refractivity contribution in [3.8, 4) is 6.01 Å². The first-order valence-corrected chi connectivity index (χ1v) is 5.00. The molecule has 1 aromatic carbocycles. The third-order valence-electron chi connectivity index (χ3n) is 2.08. The van der Waals surface area contributed by atoms with Gasteiger partial charge in [-0.25, -0.2) is 9.38 Å². The van der Waals surface area contributed by atoms with Gasteiger partial charge in [0, 0.05) is 11.5 Å². The van der Waals surface area contributed by atoms with E-state index in [1.54, 1.807) is 4.40 Å². The van der Waals surface area contributed by atoms with E-state index in [1.165, 1.54) is 11.5 Å². The molecule has 2 heterocycles. The summed E-state index contributed by atoms with van der Waals surface area (Å²) in [5, 5.41) is 0. The van der Waals surface area contributed by atoms with Crippen molar-refractivity contribution < 1.29 is 9.53 Å². The number of imidazole rings is 1. The van der Waals surface area contributed by atoms with Gasteiger partial charge in [0.2, 0.25) is 4.96 Å². The fraction of sp³-hybridized carbons (Fsp3) is 0. The van der Waals surface area contributed by atoms with E-state index in [9.17, 15) is 4.79 Å². The van der Waals surface area contributed by atoms with Crippen LogP contribution in [0, 0.1) is 0 Å². The third-order valence-corrected chi connectivity index (χ3v) is 2.76. The molecule has 0 N–H and O–H groups in total. The summed E-state index contributed by atoms with van der Waals surface area (Å²) >= 11 is 1.20. The van der Waals surface area contributed by atoms with Crippen LogP contribution in [-0.4, -0.2) is 49.8 Å². The molecule has 0 aliphatic carbocycles. The van der Waals surface area contributed by atoms with Gasteiger partial charge >= 0.3 is 42.0 Å². The Balaban J connectivity index is 0.000000963. The van der Waals surface area contributed by atoms with Crippen LogP contribution in [0.2, 0.25) is 0 Å². The number of carbonyl (C=O) groups is 1. The van der Waals surface area contributed by atoms with Crippen molar-refractivity contribution in [3.63, 3.8) is 0 Å². The average Bonchev–Trinajstić information content (AvgIpc) is 2.78. The van der Waals surface area contributed by atoms with E-state index in [-0.39, 0.29) is 35.6 Å². The summed E-state index contributed by atoms with van der Waals surface area (Å²) in [5.41, 5.74) is 1.75. The molecule has 2 aromatic heterocycles. The Kier molecular flexibility index (Phi) is 3.25. The summed E-state index contributed by atoms with van der Waals surface area (Å²) in [7, 11) is 0. The molecule has 7 heteroatoms. The first kappa shape index (κ1) is 11.5. The van der Waals surface area contributed by atoms with E-state index in [1.807, 2.05) is 24.3 Å². The van der Waals surface area contributed by atoms with Gasteiger partial charge in [-0.1, -0.05) is 12.1 Å². The molecule has 0 spiro atoms. The summed E-state index contributed by atoms with van der Waals surface area (Å²) in [6.45, 7) is 0.364. The summed E-state index contributed by atoms with van der Waals surface area (Å²) in [6, 6.07) is 7.88. The summed E-state index contributed by atoms with van der Waals surface area (Å²) in [4.78, 5) is 15.3. The molecule has 0 unspecified atom stereocenters. The summed E-state index contributed by atoms with van der Waals surface area (Å²) < 4.78 is 10.5. The van der Waals surface area contributed by atoms with Gasteiger partial charge in [-0.3, -0.25) is 4.79 Å². The maximum absolute atomic E-state index is 10.3. The number of hydrogen-bond donors (Lipinski definition) is 0. The van der Waals surface area contributed by atoms with Crippen molar-refractivity contribution in [1.82, 2.24) is 13.8 Å². The van der Waals surface area contributed by atoms with Gasteiger partial charge in [0.05, 0.1) is 11.0 Å². The van der Waals surface area contributed by atoms with Crippen LogP contribution in [0.1, 0.15) is 0 Å². The molecule has 0 aliphatic rings. The quantitative estimate of drug-likeness (QED) is 0.494. The first-order valence-electron chi connectivity index (χ1n) is 4.23. The standard InChI is InChI=1S/C9H5N3O2S.Na.H/c13-5-14-8-11-15-9-10-6-3-1-2-4-7(6)12(8)9;;/h1-5H;;. The predicted octanol–water partition coefficient (Wildman–Crippen LogP) is 0.831. The zero-order valence-corrected chi connectivity index (χ0v) is 8.27. The Morgan fingerprint density at radius 3 is 3.00 bits per heavy atom. The van der Waals surface area contributed by atoms with Crippen LogP contribution in [0.15, 0.2) is 24.3 Å². The zero-order valence-electron chi connectivity index (χ0n) is 7.45. The van der Waals surface area contributed by atoms with Crippen molar-refractivity contribution in [3.05, 3.63) is 24.3 Å². The molecule has 0 aliphatic heterocycles. The Bertz CT molecular complexity index is 648. The van der Waals surface area contributed by atoms with Gasteiger partial charge in [0.25, 0.3) is 0 Å². The number of benzene rings is 1. The van der Waals surface area contributed by atoms with Crippen molar-refractivity contribution in [2.24, 2.45) is 0 Å². The normalized spacial score (nSPS) is 10.2. The van der Waals surface area contributed by atoms with Crippen LogP contribution in [-0.2, 0) is 4.79 Å². The van der Waals surface area contributed by atoms with Crippen molar-refractivity contribution in [1.29, 1.82) is 0 Å². The number of hydrogen-bond acceptors (Lipinski definition) is 5. The van der Waals surface area contributed by atoms with Gasteiger partial charge < -0.3 is 4.74 Å². The van der Waals surface area contributed by atoms with Crippen LogP contribution >= 0.6 is 11.5 Å². The van der Waals surface area contributed by atoms with Crippen LogP contribution in [0.5, 0.6) is 6.01 Å². The first-order chi connectivity index (χ1) is 7.40. The van der Waals surface area contributed by atoms with Crippen LogP contribution < -0.4 is 4.74 Å². The average molecular weight is 243 g/mol. The monoisotopic (exact) mass is 243 g/mol. The van der Waals surface area contributed by atoms with Gasteiger partial charge in [-0.2, -0.15) is 0 Å². The minimum absolute atomic E-state index is 0. The SMILES string of the molecule is O=COc1nsc2nc3ccccc3n12.[NaH]. The molecule has 0 saturated heterocycles. The molecule has 0 atom stereocenters. The maximum atomic E-state index is 10.3. The second kappa shape index (κ2) is 4.50. The fourth-order valence-corrected chi connectivity index (χ4v) is 2.17. The Hall–Kier alpha value is -0.950. The topological polar surface area (TPSA) is 56.5 Å². The number of carbonyl (C=O) groups excluding carboxylic acids is 1. The van der Waals surface area contributed by atoms with E-state index in [0.29, 0.717) is 11.4 Å². The summed E-state index contributed by atoms with van der Waals surface area (Å²) in [5.74, 6) is 0. The van der Waals surface area contributed by atoms with E-state index in [4.69, 9.17) is 4.74 Å². The molecular formula is C9H6N3NaO2S. The molecule has 0 fully saturated rings. The predicted molar refractivity (Wildman–Crippen MR) is 62.2 cm³/mol. The third kappa shape index (κ3) is 1.63. The minimum atomic E-state index is 0. The van der Waals surface area contributed by atoms with Crippen LogP contribution in [0.25, 0.3) is 16.0 Å². The number of aromatic nitrogens is 3. The van der Waals surface area contributed by atoms with Crippen molar-refractivity contribution in [2.45, 2.75) is 0 Å². The van der Waals surface area contributed by atoms with Crippen molar-refractivity contribution >= 4 is 63.6 Å². The number of ether oxygens (including phenoxy) is 1. The molecule has 76 valence electrons. The second-order valence-corrected chi connectivity index (χ2v) is 3.63. The molecular weight excluding hydrogens is 237 g/mol. The molecule has 0 bridgehead atoms. The van der Waals surface area contributed by atoms with E-state index in [0.717, 1.165) is 11.0 Å². The fourth-order valence-electron chi connectivity index (χ4n) is 1.49. The van der Waals surface area contributed by atoms with Crippen molar-refractivity contribution in [2.75, 3.05) is 0 Å². The van der Waals surface area contributed by atoms with Gasteiger partial charge in [-0.05, 0) is 12.1 Å². The molecule has 0 saturated carbocycles. The van der Waals surface area contributed by atoms with Crippen LogP contribution in [0.3, 0.4) is 0 Å². The Morgan fingerprint density at radius 2 is 2.19 bits per heavy atom.